The fraction of sp³-hybridized carbons (Fsp3) is 0.647. The molecule has 0 radical (unpaired) electrons. The van der Waals surface area contributed by atoms with Crippen LogP contribution in [0.1, 0.15) is 36.6 Å². The maximum absolute atomic E-state index is 5.61. The number of hydrogen-bond donors (Lipinski definition) is 1. The zero-order chi connectivity index (χ0) is 15.1. The van der Waals surface area contributed by atoms with E-state index < -0.39 is 0 Å². The number of ether oxygens (including phenoxy) is 1. The van der Waals surface area contributed by atoms with Gasteiger partial charge in [-0.25, -0.2) is 0 Å². The summed E-state index contributed by atoms with van der Waals surface area (Å²) >= 11 is 0. The van der Waals surface area contributed by atoms with Gasteiger partial charge in [-0.1, -0.05) is 18.2 Å². The van der Waals surface area contributed by atoms with Crippen LogP contribution in [0.3, 0.4) is 0 Å². The molecule has 1 aromatic rings. The second kappa shape index (κ2) is 8.40. The van der Waals surface area contributed by atoms with Crippen LogP contribution >= 0.6 is 0 Å². The lowest BCUT2D eigenvalue weighted by molar-refractivity contribution is 0.0624. The smallest absolute Gasteiger partial charge is 0.0596 e. The fourth-order valence-electron chi connectivity index (χ4n) is 2.19. The molecule has 0 aliphatic rings. The molecular weight excluding hydrogens is 248 g/mol. The number of rotatable bonds is 8. The molecule has 114 valence electrons. The molecule has 0 saturated carbocycles. The third-order valence-electron chi connectivity index (χ3n) is 3.70. The summed E-state index contributed by atoms with van der Waals surface area (Å²) in [6.07, 6.45) is 0.309. The molecule has 0 fully saturated rings. The zero-order valence-electron chi connectivity index (χ0n) is 13.9. The summed E-state index contributed by atoms with van der Waals surface area (Å²) in [7, 11) is 4.17. The van der Waals surface area contributed by atoms with Crippen molar-refractivity contribution in [2.45, 2.75) is 39.8 Å². The molecule has 1 unspecified atom stereocenters. The van der Waals surface area contributed by atoms with Crippen molar-refractivity contribution in [2.75, 3.05) is 33.8 Å². The summed E-state index contributed by atoms with van der Waals surface area (Å²) in [5.74, 6) is 0. The quantitative estimate of drug-likeness (QED) is 0.791. The molecule has 0 aliphatic heterocycles. The molecule has 3 heteroatoms. The average Bonchev–Trinajstić information content (AvgIpc) is 2.39. The van der Waals surface area contributed by atoms with Crippen molar-refractivity contribution in [3.8, 4) is 0 Å². The molecular formula is C17H30N2O. The Hall–Kier alpha value is -0.900. The molecule has 0 bridgehead atoms. The molecule has 1 rings (SSSR count). The van der Waals surface area contributed by atoms with E-state index in [1.807, 2.05) is 7.05 Å². The monoisotopic (exact) mass is 278 g/mol. The van der Waals surface area contributed by atoms with Crippen molar-refractivity contribution in [2.24, 2.45) is 0 Å². The fourth-order valence-corrected chi connectivity index (χ4v) is 2.19. The van der Waals surface area contributed by atoms with Gasteiger partial charge in [0.15, 0.2) is 0 Å². The van der Waals surface area contributed by atoms with Crippen molar-refractivity contribution in [1.82, 2.24) is 10.2 Å². The number of hydrogen-bond acceptors (Lipinski definition) is 3. The molecule has 0 spiro atoms. The summed E-state index contributed by atoms with van der Waals surface area (Å²) < 4.78 is 5.61. The van der Waals surface area contributed by atoms with Crippen LogP contribution in [-0.4, -0.2) is 44.8 Å². The van der Waals surface area contributed by atoms with Gasteiger partial charge in [-0.2, -0.15) is 0 Å². The van der Waals surface area contributed by atoms with Gasteiger partial charge < -0.3 is 15.0 Å². The van der Waals surface area contributed by atoms with E-state index >= 15 is 0 Å². The summed E-state index contributed by atoms with van der Waals surface area (Å²) in [4.78, 5) is 2.32. The van der Waals surface area contributed by atoms with E-state index in [1.54, 1.807) is 0 Å². The Bertz CT molecular complexity index is 404. The number of aryl methyl sites for hydroxylation is 2. The van der Waals surface area contributed by atoms with Gasteiger partial charge in [-0.05, 0) is 58.5 Å². The van der Waals surface area contributed by atoms with E-state index in [9.17, 15) is 0 Å². The van der Waals surface area contributed by atoms with Crippen LogP contribution in [0.5, 0.6) is 0 Å². The SMILES string of the molecule is CNC(CN(C)CCOC(C)C)c1ccc(C)c(C)c1. The Kier molecular flexibility index (Phi) is 7.20. The van der Waals surface area contributed by atoms with Gasteiger partial charge in [0, 0.05) is 19.1 Å². The first kappa shape index (κ1) is 17.2. The van der Waals surface area contributed by atoms with E-state index in [1.165, 1.54) is 16.7 Å². The number of likely N-dealkylation sites (N-methyl/N-ethyl adjacent to an activating group) is 2. The van der Waals surface area contributed by atoms with Crippen LogP contribution in [-0.2, 0) is 4.74 Å². The Labute approximate surface area is 124 Å². The maximum atomic E-state index is 5.61. The van der Waals surface area contributed by atoms with E-state index in [0.29, 0.717) is 12.1 Å². The van der Waals surface area contributed by atoms with E-state index in [4.69, 9.17) is 4.74 Å². The van der Waals surface area contributed by atoms with Crippen molar-refractivity contribution in [3.63, 3.8) is 0 Å². The molecule has 0 amide bonds. The number of nitrogens with one attached hydrogen (secondary N) is 1. The molecule has 20 heavy (non-hydrogen) atoms. The standard InChI is InChI=1S/C17H30N2O/c1-13(2)20-10-9-19(6)12-17(18-5)16-8-7-14(3)15(4)11-16/h7-8,11,13,17-18H,9-10,12H2,1-6H3. The minimum Gasteiger partial charge on any atom is -0.377 e. The second-order valence-electron chi connectivity index (χ2n) is 5.87. The minimum absolute atomic E-state index is 0.309. The Morgan fingerprint density at radius 1 is 1.20 bits per heavy atom. The highest BCUT2D eigenvalue weighted by Gasteiger charge is 2.12. The average molecular weight is 278 g/mol. The van der Waals surface area contributed by atoms with Gasteiger partial charge >= 0.3 is 0 Å². The second-order valence-corrected chi connectivity index (χ2v) is 5.87. The lowest BCUT2D eigenvalue weighted by Crippen LogP contribution is -2.33. The lowest BCUT2D eigenvalue weighted by Gasteiger charge is -2.25. The summed E-state index contributed by atoms with van der Waals surface area (Å²) in [6.45, 7) is 11.2. The van der Waals surface area contributed by atoms with Gasteiger partial charge in [0.2, 0.25) is 0 Å². The molecule has 1 aromatic carbocycles. The normalized spacial score (nSPS) is 13.2. The Morgan fingerprint density at radius 3 is 2.45 bits per heavy atom. The first-order valence-corrected chi connectivity index (χ1v) is 7.48. The van der Waals surface area contributed by atoms with Gasteiger partial charge in [0.1, 0.15) is 0 Å². The van der Waals surface area contributed by atoms with Crippen LogP contribution in [0.4, 0.5) is 0 Å². The van der Waals surface area contributed by atoms with Crippen LogP contribution < -0.4 is 5.32 Å². The minimum atomic E-state index is 0.309. The Morgan fingerprint density at radius 2 is 1.90 bits per heavy atom. The maximum Gasteiger partial charge on any atom is 0.0596 e. The van der Waals surface area contributed by atoms with Crippen molar-refractivity contribution >= 4 is 0 Å². The van der Waals surface area contributed by atoms with E-state index in [2.05, 4.69) is 63.2 Å². The van der Waals surface area contributed by atoms with Crippen molar-refractivity contribution in [1.29, 1.82) is 0 Å². The topological polar surface area (TPSA) is 24.5 Å². The van der Waals surface area contributed by atoms with E-state index in [0.717, 1.165) is 19.7 Å². The van der Waals surface area contributed by atoms with Crippen LogP contribution in [0.15, 0.2) is 18.2 Å². The predicted molar refractivity (Wildman–Crippen MR) is 86.3 cm³/mol. The Balaban J connectivity index is 2.55. The molecule has 1 N–H and O–H groups in total. The van der Waals surface area contributed by atoms with Crippen molar-refractivity contribution < 1.29 is 4.74 Å². The van der Waals surface area contributed by atoms with E-state index in [-0.39, 0.29) is 0 Å². The van der Waals surface area contributed by atoms with Gasteiger partial charge in [0.25, 0.3) is 0 Å². The largest absolute Gasteiger partial charge is 0.377 e. The molecule has 0 saturated heterocycles. The first-order valence-electron chi connectivity index (χ1n) is 7.48. The summed E-state index contributed by atoms with van der Waals surface area (Å²) in [5.41, 5.74) is 4.06. The molecule has 3 nitrogen and oxygen atoms in total. The van der Waals surface area contributed by atoms with Crippen molar-refractivity contribution in [3.05, 3.63) is 34.9 Å². The van der Waals surface area contributed by atoms with Crippen LogP contribution in [0.2, 0.25) is 0 Å². The zero-order valence-corrected chi connectivity index (χ0v) is 13.9. The summed E-state index contributed by atoms with van der Waals surface area (Å²) in [6, 6.07) is 7.08. The highest BCUT2D eigenvalue weighted by molar-refractivity contribution is 5.31. The highest BCUT2D eigenvalue weighted by Crippen LogP contribution is 2.17. The third kappa shape index (κ3) is 5.61. The molecule has 1 atom stereocenters. The number of nitrogens with zero attached hydrogens (tertiary/aromatic N) is 1. The molecule has 0 heterocycles. The summed E-state index contributed by atoms with van der Waals surface area (Å²) in [5, 5.41) is 3.41. The van der Waals surface area contributed by atoms with Crippen LogP contribution in [0, 0.1) is 13.8 Å². The third-order valence-corrected chi connectivity index (χ3v) is 3.70. The first-order chi connectivity index (χ1) is 9.43. The predicted octanol–water partition coefficient (Wildman–Crippen LogP) is 2.92. The molecule has 0 aliphatic carbocycles. The lowest BCUT2D eigenvalue weighted by atomic mass is 10.0. The van der Waals surface area contributed by atoms with Gasteiger partial charge in [0.05, 0.1) is 12.7 Å². The highest BCUT2D eigenvalue weighted by atomic mass is 16.5. The molecule has 0 aromatic heterocycles. The van der Waals surface area contributed by atoms with Gasteiger partial charge in [-0.3, -0.25) is 0 Å². The number of benzene rings is 1. The van der Waals surface area contributed by atoms with Crippen LogP contribution in [0.25, 0.3) is 0 Å². The van der Waals surface area contributed by atoms with Gasteiger partial charge in [-0.15, -0.1) is 0 Å².